The van der Waals surface area contributed by atoms with E-state index in [0.717, 1.165) is 12.8 Å². The van der Waals surface area contributed by atoms with Gasteiger partial charge in [-0.15, -0.1) is 0 Å². The topological polar surface area (TPSA) is 97.0 Å². The standard InChI is InChI=1S/C22H33N3O5/c1-5-29-18-8-6-17(7-9-18)20(27)23-15-19(26)25-12-10-16(11-13-25)14-24-21(28)30-22(2,3)4/h6-9,16H,5,10-15H2,1-4H3,(H,23,27)(H,24,28). The lowest BCUT2D eigenvalue weighted by atomic mass is 9.97. The second kappa shape index (κ2) is 10.8. The first kappa shape index (κ1) is 23.5. The average Bonchev–Trinajstić information content (AvgIpc) is 2.70. The number of hydrogen-bond acceptors (Lipinski definition) is 5. The summed E-state index contributed by atoms with van der Waals surface area (Å²) in [6.07, 6.45) is 1.18. The van der Waals surface area contributed by atoms with E-state index in [-0.39, 0.29) is 18.4 Å². The van der Waals surface area contributed by atoms with Crippen LogP contribution in [-0.4, -0.2) is 61.2 Å². The fraction of sp³-hybridized carbons (Fsp3) is 0.591. The molecule has 1 aliphatic heterocycles. The van der Waals surface area contributed by atoms with E-state index in [1.54, 1.807) is 29.2 Å². The van der Waals surface area contributed by atoms with Gasteiger partial charge in [0.25, 0.3) is 5.91 Å². The summed E-state index contributed by atoms with van der Waals surface area (Å²) in [5, 5.41) is 5.47. The normalized spacial score (nSPS) is 14.7. The minimum atomic E-state index is -0.518. The van der Waals surface area contributed by atoms with Crippen molar-refractivity contribution in [2.45, 2.75) is 46.1 Å². The van der Waals surface area contributed by atoms with E-state index < -0.39 is 11.7 Å². The number of amides is 3. The molecule has 166 valence electrons. The number of carbonyl (C=O) groups excluding carboxylic acids is 3. The number of ether oxygens (including phenoxy) is 2. The lowest BCUT2D eigenvalue weighted by molar-refractivity contribution is -0.131. The molecule has 0 aliphatic carbocycles. The van der Waals surface area contributed by atoms with E-state index in [1.165, 1.54) is 0 Å². The van der Waals surface area contributed by atoms with Crippen molar-refractivity contribution in [3.05, 3.63) is 29.8 Å². The number of rotatable bonds is 7. The van der Waals surface area contributed by atoms with Gasteiger partial charge in [-0.1, -0.05) is 0 Å². The number of benzene rings is 1. The summed E-state index contributed by atoms with van der Waals surface area (Å²) in [4.78, 5) is 38.1. The third-order valence-corrected chi connectivity index (χ3v) is 4.73. The molecule has 0 saturated carbocycles. The Morgan fingerprint density at radius 3 is 2.27 bits per heavy atom. The van der Waals surface area contributed by atoms with Gasteiger partial charge in [0.05, 0.1) is 13.2 Å². The number of piperidine rings is 1. The van der Waals surface area contributed by atoms with Gasteiger partial charge in [-0.3, -0.25) is 9.59 Å². The summed E-state index contributed by atoms with van der Waals surface area (Å²) in [5.41, 5.74) is -0.0338. The zero-order valence-electron chi connectivity index (χ0n) is 18.3. The zero-order valence-corrected chi connectivity index (χ0v) is 18.3. The summed E-state index contributed by atoms with van der Waals surface area (Å²) in [6.45, 7) is 9.65. The summed E-state index contributed by atoms with van der Waals surface area (Å²) in [7, 11) is 0. The quantitative estimate of drug-likeness (QED) is 0.708. The van der Waals surface area contributed by atoms with Crippen molar-refractivity contribution in [2.75, 3.05) is 32.8 Å². The summed E-state index contributed by atoms with van der Waals surface area (Å²) >= 11 is 0. The predicted octanol–water partition coefficient (Wildman–Crippen LogP) is 2.58. The molecule has 1 heterocycles. The lowest BCUT2D eigenvalue weighted by Crippen LogP contribution is -2.45. The van der Waals surface area contributed by atoms with E-state index in [1.807, 2.05) is 27.7 Å². The number of carbonyl (C=O) groups is 3. The Labute approximate surface area is 178 Å². The molecule has 1 aromatic rings. The van der Waals surface area contributed by atoms with E-state index in [0.29, 0.717) is 43.5 Å². The molecule has 0 atom stereocenters. The van der Waals surface area contributed by atoms with Crippen LogP contribution in [0.5, 0.6) is 5.75 Å². The minimum Gasteiger partial charge on any atom is -0.494 e. The highest BCUT2D eigenvalue weighted by molar-refractivity contribution is 5.96. The van der Waals surface area contributed by atoms with Crippen LogP contribution in [0.25, 0.3) is 0 Å². The van der Waals surface area contributed by atoms with Crippen LogP contribution in [0, 0.1) is 5.92 Å². The summed E-state index contributed by atoms with van der Waals surface area (Å²) < 4.78 is 10.6. The van der Waals surface area contributed by atoms with Crippen LogP contribution >= 0.6 is 0 Å². The van der Waals surface area contributed by atoms with Crippen LogP contribution in [0.1, 0.15) is 50.9 Å². The lowest BCUT2D eigenvalue weighted by Gasteiger charge is -2.32. The Hall–Kier alpha value is -2.77. The average molecular weight is 420 g/mol. The monoisotopic (exact) mass is 419 g/mol. The molecule has 1 saturated heterocycles. The Morgan fingerprint density at radius 1 is 1.07 bits per heavy atom. The maximum Gasteiger partial charge on any atom is 0.407 e. The molecule has 30 heavy (non-hydrogen) atoms. The molecule has 8 heteroatoms. The SMILES string of the molecule is CCOc1ccc(C(=O)NCC(=O)N2CCC(CNC(=O)OC(C)(C)C)CC2)cc1. The van der Waals surface area contributed by atoms with Gasteiger partial charge in [0.2, 0.25) is 5.91 Å². The minimum absolute atomic E-state index is 0.0349. The van der Waals surface area contributed by atoms with Gasteiger partial charge < -0.3 is 25.0 Å². The van der Waals surface area contributed by atoms with E-state index in [2.05, 4.69) is 10.6 Å². The smallest absolute Gasteiger partial charge is 0.407 e. The van der Waals surface area contributed by atoms with Gasteiger partial charge in [0.1, 0.15) is 11.4 Å². The highest BCUT2D eigenvalue weighted by Crippen LogP contribution is 2.17. The third-order valence-electron chi connectivity index (χ3n) is 4.73. The summed E-state index contributed by atoms with van der Waals surface area (Å²) in [6, 6.07) is 6.81. The second-order valence-electron chi connectivity index (χ2n) is 8.35. The van der Waals surface area contributed by atoms with Gasteiger partial charge in [0.15, 0.2) is 0 Å². The molecule has 0 bridgehead atoms. The first-order chi connectivity index (χ1) is 14.2. The molecule has 0 aromatic heterocycles. The molecule has 0 spiro atoms. The van der Waals surface area contributed by atoms with Crippen molar-refractivity contribution in [3.8, 4) is 5.75 Å². The van der Waals surface area contributed by atoms with Crippen molar-refractivity contribution in [2.24, 2.45) is 5.92 Å². The molecule has 1 aliphatic rings. The van der Waals surface area contributed by atoms with Crippen LogP contribution in [0.15, 0.2) is 24.3 Å². The van der Waals surface area contributed by atoms with Gasteiger partial charge in [-0.25, -0.2) is 4.79 Å². The highest BCUT2D eigenvalue weighted by atomic mass is 16.6. The van der Waals surface area contributed by atoms with E-state index >= 15 is 0 Å². The molecule has 0 unspecified atom stereocenters. The molecule has 1 fully saturated rings. The fourth-order valence-corrected chi connectivity index (χ4v) is 3.17. The van der Waals surface area contributed by atoms with Crippen LogP contribution < -0.4 is 15.4 Å². The highest BCUT2D eigenvalue weighted by Gasteiger charge is 2.24. The molecule has 1 aromatic carbocycles. The van der Waals surface area contributed by atoms with Gasteiger partial charge in [-0.05, 0) is 70.7 Å². The molecule has 0 radical (unpaired) electrons. The number of likely N-dealkylation sites (tertiary alicyclic amines) is 1. The van der Waals surface area contributed by atoms with Crippen LogP contribution in [0.3, 0.4) is 0 Å². The van der Waals surface area contributed by atoms with Crippen LogP contribution in [0.2, 0.25) is 0 Å². The van der Waals surface area contributed by atoms with E-state index in [9.17, 15) is 14.4 Å². The number of nitrogens with zero attached hydrogens (tertiary/aromatic N) is 1. The number of hydrogen-bond donors (Lipinski definition) is 2. The van der Waals surface area contributed by atoms with Gasteiger partial charge in [0, 0.05) is 25.2 Å². The molecule has 8 nitrogen and oxygen atoms in total. The van der Waals surface area contributed by atoms with Crippen molar-refractivity contribution < 1.29 is 23.9 Å². The van der Waals surface area contributed by atoms with Crippen LogP contribution in [-0.2, 0) is 9.53 Å². The molecule has 2 N–H and O–H groups in total. The maximum atomic E-state index is 12.4. The Morgan fingerprint density at radius 2 is 1.70 bits per heavy atom. The number of nitrogens with one attached hydrogen (secondary N) is 2. The maximum absolute atomic E-state index is 12.4. The van der Waals surface area contributed by atoms with Crippen molar-refractivity contribution >= 4 is 17.9 Å². The van der Waals surface area contributed by atoms with Gasteiger partial charge >= 0.3 is 6.09 Å². The van der Waals surface area contributed by atoms with Crippen LogP contribution in [0.4, 0.5) is 4.79 Å². The van der Waals surface area contributed by atoms with Crippen molar-refractivity contribution in [1.82, 2.24) is 15.5 Å². The first-order valence-electron chi connectivity index (χ1n) is 10.4. The zero-order chi connectivity index (χ0) is 22.1. The molecular formula is C22H33N3O5. The Kier molecular flexibility index (Phi) is 8.50. The van der Waals surface area contributed by atoms with Gasteiger partial charge in [-0.2, -0.15) is 0 Å². The summed E-state index contributed by atoms with van der Waals surface area (Å²) in [5.74, 6) is 0.616. The molecular weight excluding hydrogens is 386 g/mol. The third kappa shape index (κ3) is 7.93. The Bertz CT molecular complexity index is 719. The molecule has 3 amide bonds. The van der Waals surface area contributed by atoms with Crippen molar-refractivity contribution in [3.63, 3.8) is 0 Å². The largest absolute Gasteiger partial charge is 0.494 e. The predicted molar refractivity (Wildman–Crippen MR) is 113 cm³/mol. The first-order valence-corrected chi connectivity index (χ1v) is 10.4. The van der Waals surface area contributed by atoms with E-state index in [4.69, 9.17) is 9.47 Å². The van der Waals surface area contributed by atoms with Crippen molar-refractivity contribution in [1.29, 1.82) is 0 Å². The Balaban J connectivity index is 1.68. The fourth-order valence-electron chi connectivity index (χ4n) is 3.17. The molecule has 2 rings (SSSR count). The second-order valence-corrected chi connectivity index (χ2v) is 8.35. The number of alkyl carbamates (subject to hydrolysis) is 1.